The van der Waals surface area contributed by atoms with Crippen molar-refractivity contribution in [3.05, 3.63) is 91.9 Å². The number of nitrogens with zero attached hydrogens (tertiary/aromatic N) is 1. The van der Waals surface area contributed by atoms with Gasteiger partial charge in [-0.1, -0.05) is 59.1 Å². The number of benzene rings is 3. The minimum absolute atomic E-state index is 0.00601. The van der Waals surface area contributed by atoms with E-state index in [0.29, 0.717) is 52.6 Å². The number of nitrogens with two attached hydrogens (primary N) is 1. The van der Waals surface area contributed by atoms with Crippen LogP contribution in [0.3, 0.4) is 0 Å². The summed E-state index contributed by atoms with van der Waals surface area (Å²) in [5.74, 6) is 0.774. The maximum atomic E-state index is 13.7. The van der Waals surface area contributed by atoms with Crippen molar-refractivity contribution in [3.8, 4) is 11.5 Å². The summed E-state index contributed by atoms with van der Waals surface area (Å²) in [4.78, 5) is 15.6. The predicted octanol–water partition coefficient (Wildman–Crippen LogP) is 6.31. The van der Waals surface area contributed by atoms with Gasteiger partial charge in [-0.3, -0.25) is 4.79 Å². The molecule has 2 N–H and O–H groups in total. The monoisotopic (exact) mass is 666 g/mol. The molecular weight excluding hydrogens is 631 g/mol. The Bertz CT molecular complexity index is 1510. The normalized spacial score (nSPS) is 13.9. The Kier molecular flexibility index (Phi) is 11.6. The number of hydrogen-bond donors (Lipinski definition) is 1. The van der Waals surface area contributed by atoms with Gasteiger partial charge in [-0.05, 0) is 85.2 Å². The number of rotatable bonds is 15. The molecule has 3 aromatic rings. The topological polar surface area (TPSA) is 98.9 Å². The number of aryl methyl sites for hydroxylation is 2. The molecule has 4 rings (SSSR count). The van der Waals surface area contributed by atoms with Crippen molar-refractivity contribution in [3.63, 3.8) is 0 Å². The van der Waals surface area contributed by atoms with Gasteiger partial charge in [0.05, 0.1) is 21.7 Å². The molecule has 1 amide bonds. The molecule has 0 bridgehead atoms. The summed E-state index contributed by atoms with van der Waals surface area (Å²) in [5, 5.41) is 1.47. The van der Waals surface area contributed by atoms with Gasteiger partial charge in [-0.2, -0.15) is 0 Å². The van der Waals surface area contributed by atoms with Crippen molar-refractivity contribution in [1.82, 2.24) is 4.90 Å². The van der Waals surface area contributed by atoms with E-state index in [1.165, 1.54) is 6.26 Å². The summed E-state index contributed by atoms with van der Waals surface area (Å²) in [6, 6.07) is 16.8. The second kappa shape index (κ2) is 15.0. The fraction of sp³-hybridized carbons (Fsp3) is 0.406. The van der Waals surface area contributed by atoms with Gasteiger partial charge in [0.25, 0.3) is 0 Å². The molecule has 11 heteroatoms. The first-order valence-electron chi connectivity index (χ1n) is 14.2. The van der Waals surface area contributed by atoms with Crippen LogP contribution in [0.15, 0.2) is 54.6 Å². The molecule has 1 aliphatic carbocycles. The van der Waals surface area contributed by atoms with Gasteiger partial charge in [-0.25, -0.2) is 8.42 Å². The number of carbonyl (C=O) groups is 1. The van der Waals surface area contributed by atoms with Crippen LogP contribution in [0, 0.1) is 12.8 Å². The highest BCUT2D eigenvalue weighted by Gasteiger charge is 2.35. The highest BCUT2D eigenvalue weighted by Crippen LogP contribution is 2.34. The molecule has 0 unspecified atom stereocenters. The first kappa shape index (κ1) is 33.4. The molecule has 7 nitrogen and oxygen atoms in total. The van der Waals surface area contributed by atoms with E-state index < -0.39 is 15.8 Å². The van der Waals surface area contributed by atoms with Crippen LogP contribution in [-0.4, -0.2) is 57.0 Å². The average molecular weight is 668 g/mol. The number of hydrogen-bond acceptors (Lipinski definition) is 6. The Labute approximate surface area is 269 Å². The second-order valence-electron chi connectivity index (χ2n) is 11.0. The number of amides is 1. The van der Waals surface area contributed by atoms with Crippen molar-refractivity contribution in [2.45, 2.75) is 45.2 Å². The standard InChI is InChI=1S/C32H37Cl3N2O5S/c1-21-15-29(34)31(30(35)16-21)42-13-12-41-27-8-3-22(4-9-27)17-24(19-36)32(38)37(26-6-7-26)20-25-18-23(5-10-28(25)33)11-14-43(2,39)40/h3-5,8-10,15-16,18,24,26H,6-7,11-14,17,19-20,36H2,1-2H3/t24-/m1/s1. The summed E-state index contributed by atoms with van der Waals surface area (Å²) < 4.78 is 34.8. The van der Waals surface area contributed by atoms with Crippen molar-refractivity contribution >= 4 is 50.5 Å². The van der Waals surface area contributed by atoms with Gasteiger partial charge >= 0.3 is 0 Å². The third-order valence-electron chi connectivity index (χ3n) is 7.26. The average Bonchev–Trinajstić information content (AvgIpc) is 3.79. The summed E-state index contributed by atoms with van der Waals surface area (Å²) in [6.07, 6.45) is 3.99. The van der Waals surface area contributed by atoms with E-state index >= 15 is 0 Å². The molecule has 0 saturated heterocycles. The lowest BCUT2D eigenvalue weighted by Crippen LogP contribution is -2.41. The molecule has 0 heterocycles. The molecule has 0 aliphatic heterocycles. The zero-order valence-electron chi connectivity index (χ0n) is 24.3. The molecule has 43 heavy (non-hydrogen) atoms. The lowest BCUT2D eigenvalue weighted by molar-refractivity contribution is -0.136. The molecule has 1 fully saturated rings. The summed E-state index contributed by atoms with van der Waals surface area (Å²) in [6.45, 7) is 3.06. The lowest BCUT2D eigenvalue weighted by Gasteiger charge is -2.28. The third kappa shape index (κ3) is 10.0. The van der Waals surface area contributed by atoms with Gasteiger partial charge < -0.3 is 20.1 Å². The van der Waals surface area contributed by atoms with Gasteiger partial charge in [0, 0.05) is 30.4 Å². The molecule has 3 aromatic carbocycles. The van der Waals surface area contributed by atoms with Gasteiger partial charge in [0.1, 0.15) is 28.8 Å². The van der Waals surface area contributed by atoms with Crippen LogP contribution in [0.5, 0.6) is 11.5 Å². The SMILES string of the molecule is Cc1cc(Cl)c(OCCOc2ccc(C[C@H](CN)C(=O)N(Cc3cc(CCS(C)(=O)=O)ccc3Cl)C3CC3)cc2)c(Cl)c1. The minimum atomic E-state index is -3.09. The number of halogens is 3. The predicted molar refractivity (Wildman–Crippen MR) is 173 cm³/mol. The van der Waals surface area contributed by atoms with Crippen molar-refractivity contribution in [2.75, 3.05) is 31.8 Å². The van der Waals surface area contributed by atoms with E-state index in [-0.39, 0.29) is 30.9 Å². The largest absolute Gasteiger partial charge is 0.490 e. The van der Waals surface area contributed by atoms with Crippen LogP contribution in [0.25, 0.3) is 0 Å². The second-order valence-corrected chi connectivity index (χ2v) is 14.5. The zero-order valence-corrected chi connectivity index (χ0v) is 27.4. The van der Waals surface area contributed by atoms with Gasteiger partial charge in [-0.15, -0.1) is 0 Å². The third-order valence-corrected chi connectivity index (χ3v) is 9.14. The Morgan fingerprint density at radius 2 is 1.58 bits per heavy atom. The van der Waals surface area contributed by atoms with Gasteiger partial charge in [0.2, 0.25) is 5.91 Å². The van der Waals surface area contributed by atoms with Crippen LogP contribution in [0.1, 0.15) is 35.1 Å². The summed E-state index contributed by atoms with van der Waals surface area (Å²) in [7, 11) is -3.09. The first-order chi connectivity index (χ1) is 20.4. The fourth-order valence-corrected chi connectivity index (χ4v) is 6.29. The smallest absolute Gasteiger partial charge is 0.227 e. The molecule has 1 atom stereocenters. The fourth-order valence-electron chi connectivity index (χ4n) is 4.80. The maximum absolute atomic E-state index is 13.7. The minimum Gasteiger partial charge on any atom is -0.490 e. The highest BCUT2D eigenvalue weighted by atomic mass is 35.5. The quantitative estimate of drug-likeness (QED) is 0.191. The number of ether oxygens (including phenoxy) is 2. The Morgan fingerprint density at radius 3 is 2.19 bits per heavy atom. The Morgan fingerprint density at radius 1 is 0.953 bits per heavy atom. The van der Waals surface area contributed by atoms with Crippen molar-refractivity contribution < 1.29 is 22.7 Å². The summed E-state index contributed by atoms with van der Waals surface area (Å²) >= 11 is 19.0. The maximum Gasteiger partial charge on any atom is 0.227 e. The van der Waals surface area contributed by atoms with Crippen LogP contribution in [0.2, 0.25) is 15.1 Å². The molecule has 232 valence electrons. The molecule has 0 aromatic heterocycles. The van der Waals surface area contributed by atoms with Crippen LogP contribution < -0.4 is 15.2 Å². The molecule has 1 saturated carbocycles. The highest BCUT2D eigenvalue weighted by molar-refractivity contribution is 7.90. The molecule has 0 radical (unpaired) electrons. The molecule has 1 aliphatic rings. The summed E-state index contributed by atoms with van der Waals surface area (Å²) in [5.41, 5.74) is 9.72. The van der Waals surface area contributed by atoms with E-state index in [4.69, 9.17) is 50.0 Å². The molecular formula is C32H37Cl3N2O5S. The van der Waals surface area contributed by atoms with E-state index in [0.717, 1.165) is 35.1 Å². The van der Waals surface area contributed by atoms with E-state index in [1.54, 1.807) is 18.2 Å². The molecule has 0 spiro atoms. The Hall–Kier alpha value is -2.49. The lowest BCUT2D eigenvalue weighted by atomic mass is 9.97. The van der Waals surface area contributed by atoms with Crippen molar-refractivity contribution in [1.29, 1.82) is 0 Å². The van der Waals surface area contributed by atoms with Gasteiger partial charge in [0.15, 0.2) is 5.75 Å². The van der Waals surface area contributed by atoms with E-state index in [2.05, 4.69) is 0 Å². The van der Waals surface area contributed by atoms with Crippen molar-refractivity contribution in [2.24, 2.45) is 11.7 Å². The van der Waals surface area contributed by atoms with E-state index in [9.17, 15) is 13.2 Å². The number of sulfone groups is 1. The zero-order chi connectivity index (χ0) is 31.1. The number of carbonyl (C=O) groups excluding carboxylic acids is 1. The van der Waals surface area contributed by atoms with E-state index in [1.807, 2.05) is 48.2 Å². The Balaban J connectivity index is 1.33. The van der Waals surface area contributed by atoms with Crippen LogP contribution in [-0.2, 0) is 34.0 Å². The first-order valence-corrected chi connectivity index (χ1v) is 17.4. The van der Waals surface area contributed by atoms with Crippen LogP contribution in [0.4, 0.5) is 0 Å². The van der Waals surface area contributed by atoms with Crippen LogP contribution >= 0.6 is 34.8 Å².